The number of hydrogen-bond donors (Lipinski definition) is 0. The molecule has 1 amide bonds. The van der Waals surface area contributed by atoms with Crippen molar-refractivity contribution in [3.8, 4) is 6.07 Å². The highest BCUT2D eigenvalue weighted by atomic mass is 16.2. The van der Waals surface area contributed by atoms with Crippen LogP contribution in [0.2, 0.25) is 0 Å². The molecule has 27 heavy (non-hydrogen) atoms. The monoisotopic (exact) mass is 363 g/mol. The maximum absolute atomic E-state index is 12.6. The molecule has 0 spiro atoms. The number of amides is 1. The van der Waals surface area contributed by atoms with Crippen LogP contribution in [0.3, 0.4) is 0 Å². The molecule has 6 heteroatoms. The number of carbonyl (C=O) groups excluding carboxylic acids is 1. The molecule has 0 radical (unpaired) electrons. The summed E-state index contributed by atoms with van der Waals surface area (Å²) in [5.41, 5.74) is 1.13. The molecular weight excluding hydrogens is 338 g/mol. The molecule has 4 rings (SSSR count). The van der Waals surface area contributed by atoms with Crippen LogP contribution in [0, 0.1) is 11.3 Å². The highest BCUT2D eigenvalue weighted by Gasteiger charge is 2.32. The summed E-state index contributed by atoms with van der Waals surface area (Å²) < 4.78 is 0. The van der Waals surface area contributed by atoms with E-state index in [9.17, 15) is 10.1 Å². The quantitative estimate of drug-likeness (QED) is 0.834. The third-order valence-corrected chi connectivity index (χ3v) is 5.90. The number of benzene rings is 1. The van der Waals surface area contributed by atoms with Crippen molar-refractivity contribution in [2.45, 2.75) is 31.3 Å². The third kappa shape index (κ3) is 3.47. The van der Waals surface area contributed by atoms with Crippen LogP contribution in [-0.4, -0.2) is 66.0 Å². The van der Waals surface area contributed by atoms with Crippen LogP contribution >= 0.6 is 0 Å². The van der Waals surface area contributed by atoms with Gasteiger partial charge in [-0.05, 0) is 19.3 Å². The van der Waals surface area contributed by atoms with E-state index in [2.05, 4.69) is 46.1 Å². The largest absolute Gasteiger partial charge is 0.369 e. The molecule has 1 aromatic carbocycles. The number of likely N-dealkylation sites (tertiary alicyclic amines) is 2. The molecule has 0 bridgehead atoms. The highest BCUT2D eigenvalue weighted by molar-refractivity contribution is 5.93. The number of nitriles is 1. The predicted octanol–water partition coefficient (Wildman–Crippen LogP) is 2.26. The van der Waals surface area contributed by atoms with E-state index >= 15 is 0 Å². The second-order valence-electron chi connectivity index (χ2n) is 7.54. The molecule has 1 aromatic heterocycles. The van der Waals surface area contributed by atoms with Crippen molar-refractivity contribution in [2.24, 2.45) is 0 Å². The van der Waals surface area contributed by atoms with Crippen LogP contribution in [0.1, 0.15) is 19.3 Å². The summed E-state index contributed by atoms with van der Waals surface area (Å²) >= 11 is 0. The molecule has 0 N–H and O–H groups in total. The molecule has 3 heterocycles. The number of aromatic nitrogens is 1. The molecule has 140 valence electrons. The number of hydrogen-bond acceptors (Lipinski definition) is 5. The topological polar surface area (TPSA) is 63.5 Å². The third-order valence-electron chi connectivity index (χ3n) is 5.90. The SMILES string of the molecule is CN(c1cncc2ccccc12)[C@H]1CCN(CC(=O)N2CCCC2C#N)C1. The summed E-state index contributed by atoms with van der Waals surface area (Å²) in [6, 6.07) is 10.7. The molecule has 2 aromatic rings. The lowest BCUT2D eigenvalue weighted by Crippen LogP contribution is -2.42. The average Bonchev–Trinajstić information content (AvgIpc) is 3.36. The molecule has 6 nitrogen and oxygen atoms in total. The predicted molar refractivity (Wildman–Crippen MR) is 105 cm³/mol. The summed E-state index contributed by atoms with van der Waals surface area (Å²) in [5, 5.41) is 11.6. The molecule has 2 aliphatic rings. The number of anilines is 1. The Labute approximate surface area is 160 Å². The Bertz CT molecular complexity index is 871. The summed E-state index contributed by atoms with van der Waals surface area (Å²) in [6.07, 6.45) is 6.59. The van der Waals surface area contributed by atoms with E-state index in [1.807, 2.05) is 18.5 Å². The Morgan fingerprint density at radius 3 is 3.00 bits per heavy atom. The van der Waals surface area contributed by atoms with E-state index in [1.165, 1.54) is 5.39 Å². The zero-order valence-electron chi connectivity index (χ0n) is 15.7. The molecule has 2 saturated heterocycles. The van der Waals surface area contributed by atoms with Gasteiger partial charge in [0.05, 0.1) is 24.5 Å². The van der Waals surface area contributed by atoms with E-state index in [1.54, 1.807) is 4.90 Å². The number of likely N-dealkylation sites (N-methyl/N-ethyl adjacent to an activating group) is 1. The van der Waals surface area contributed by atoms with Crippen molar-refractivity contribution in [3.63, 3.8) is 0 Å². The molecular formula is C21H25N5O. The number of nitrogens with zero attached hydrogens (tertiary/aromatic N) is 5. The Hall–Kier alpha value is -2.65. The van der Waals surface area contributed by atoms with Gasteiger partial charge in [-0.2, -0.15) is 5.26 Å². The van der Waals surface area contributed by atoms with Gasteiger partial charge in [0.2, 0.25) is 5.91 Å². The van der Waals surface area contributed by atoms with Gasteiger partial charge in [-0.1, -0.05) is 24.3 Å². The summed E-state index contributed by atoms with van der Waals surface area (Å²) in [5.74, 6) is 0.0918. The normalized spacial score (nSPS) is 22.9. The van der Waals surface area contributed by atoms with Gasteiger partial charge in [0.1, 0.15) is 6.04 Å². The van der Waals surface area contributed by atoms with Crippen LogP contribution in [0.5, 0.6) is 0 Å². The lowest BCUT2D eigenvalue weighted by molar-refractivity contribution is -0.132. The minimum atomic E-state index is -0.236. The maximum Gasteiger partial charge on any atom is 0.237 e. The highest BCUT2D eigenvalue weighted by Crippen LogP contribution is 2.28. The van der Waals surface area contributed by atoms with Gasteiger partial charge < -0.3 is 9.80 Å². The smallest absolute Gasteiger partial charge is 0.237 e. The average molecular weight is 363 g/mol. The first-order valence-corrected chi connectivity index (χ1v) is 9.64. The van der Waals surface area contributed by atoms with Crippen LogP contribution in [0.25, 0.3) is 10.8 Å². The Balaban J connectivity index is 1.42. The van der Waals surface area contributed by atoms with Crippen molar-refractivity contribution in [2.75, 3.05) is 38.1 Å². The number of pyridine rings is 1. The molecule has 0 aliphatic carbocycles. The van der Waals surface area contributed by atoms with Gasteiger partial charge in [-0.15, -0.1) is 0 Å². The van der Waals surface area contributed by atoms with Gasteiger partial charge >= 0.3 is 0 Å². The lowest BCUT2D eigenvalue weighted by atomic mass is 10.1. The number of carbonyl (C=O) groups is 1. The minimum Gasteiger partial charge on any atom is -0.369 e. The van der Waals surface area contributed by atoms with E-state index < -0.39 is 0 Å². The van der Waals surface area contributed by atoms with E-state index in [0.29, 0.717) is 12.6 Å². The summed E-state index contributed by atoms with van der Waals surface area (Å²) in [6.45, 7) is 2.90. The fourth-order valence-corrected chi connectivity index (χ4v) is 4.33. The summed E-state index contributed by atoms with van der Waals surface area (Å²) in [4.78, 5) is 23.3. The molecule has 1 unspecified atom stereocenters. The first-order valence-electron chi connectivity index (χ1n) is 9.64. The second-order valence-corrected chi connectivity index (χ2v) is 7.54. The van der Waals surface area contributed by atoms with Crippen LogP contribution in [-0.2, 0) is 4.79 Å². The second kappa shape index (κ2) is 7.53. The summed E-state index contributed by atoms with van der Waals surface area (Å²) in [7, 11) is 2.12. The molecule has 2 fully saturated rings. The number of rotatable bonds is 4. The van der Waals surface area contributed by atoms with Gasteiger partial charge in [-0.3, -0.25) is 14.7 Å². The maximum atomic E-state index is 12.6. The van der Waals surface area contributed by atoms with Crippen LogP contribution in [0.4, 0.5) is 5.69 Å². The van der Waals surface area contributed by atoms with E-state index in [-0.39, 0.29) is 11.9 Å². The van der Waals surface area contributed by atoms with Gasteiger partial charge in [-0.25, -0.2) is 0 Å². The van der Waals surface area contributed by atoms with E-state index in [4.69, 9.17) is 0 Å². The van der Waals surface area contributed by atoms with E-state index in [0.717, 1.165) is 50.0 Å². The lowest BCUT2D eigenvalue weighted by Gasteiger charge is -2.28. The zero-order valence-corrected chi connectivity index (χ0v) is 15.7. The Morgan fingerprint density at radius 2 is 2.15 bits per heavy atom. The zero-order chi connectivity index (χ0) is 18.8. The van der Waals surface area contributed by atoms with Crippen molar-refractivity contribution in [3.05, 3.63) is 36.7 Å². The Kier molecular flexibility index (Phi) is 4.95. The van der Waals surface area contributed by atoms with Crippen molar-refractivity contribution >= 4 is 22.4 Å². The van der Waals surface area contributed by atoms with Crippen LogP contribution in [0.15, 0.2) is 36.7 Å². The molecule has 2 atom stereocenters. The van der Waals surface area contributed by atoms with Gasteiger partial charge in [0, 0.05) is 49.7 Å². The van der Waals surface area contributed by atoms with Crippen LogP contribution < -0.4 is 4.90 Å². The standard InChI is InChI=1S/C21H25N5O/c1-24(20-13-23-12-16-5-2-3-7-19(16)20)18-8-10-25(14-18)15-21(27)26-9-4-6-17(26)11-22/h2-3,5,7,12-13,17-18H,4,6,8-10,14-15H2,1H3/t17?,18-/m0/s1. The van der Waals surface area contributed by atoms with Crippen molar-refractivity contribution in [1.29, 1.82) is 5.26 Å². The first-order chi connectivity index (χ1) is 13.2. The van der Waals surface area contributed by atoms with Gasteiger partial charge in [0.25, 0.3) is 0 Å². The fourth-order valence-electron chi connectivity index (χ4n) is 4.33. The molecule has 2 aliphatic heterocycles. The van der Waals surface area contributed by atoms with Crippen molar-refractivity contribution < 1.29 is 4.79 Å². The number of fused-ring (bicyclic) bond motifs is 1. The van der Waals surface area contributed by atoms with Crippen molar-refractivity contribution in [1.82, 2.24) is 14.8 Å². The van der Waals surface area contributed by atoms with Gasteiger partial charge in [0.15, 0.2) is 0 Å². The Morgan fingerprint density at radius 1 is 1.30 bits per heavy atom. The molecule has 0 saturated carbocycles. The first kappa shape index (κ1) is 17.7. The fraction of sp³-hybridized carbons (Fsp3) is 0.476. The minimum absolute atomic E-state index is 0.0918.